The Balaban J connectivity index is 2.46. The van der Waals surface area contributed by atoms with Gasteiger partial charge in [0.15, 0.2) is 6.23 Å². The molecular formula is C14H22N6O6. The molecule has 4 atom stereocenters. The largest absolute Gasteiger partial charge is 0.394 e. The smallest absolute Gasteiger partial charge is 0.296 e. The number of primary amides is 1. The van der Waals surface area contributed by atoms with Gasteiger partial charge in [0.2, 0.25) is 5.91 Å². The number of carbonyl (C=O) groups excluding carboxylic acids is 1. The Morgan fingerprint density at radius 3 is 2.65 bits per heavy atom. The number of ether oxygens (including phenoxy) is 1. The van der Waals surface area contributed by atoms with Crippen molar-refractivity contribution in [2.45, 2.75) is 44.3 Å². The molecule has 2 rings (SSSR count). The van der Waals surface area contributed by atoms with E-state index in [1.54, 1.807) is 0 Å². The maximum absolute atomic E-state index is 12.8. The summed E-state index contributed by atoms with van der Waals surface area (Å²) in [7, 11) is 0. The first-order chi connectivity index (χ1) is 12.3. The minimum absolute atomic E-state index is 0.0392. The lowest BCUT2D eigenvalue weighted by atomic mass is 10.1. The number of hydrogen-bond acceptors (Lipinski definition) is 10. The van der Waals surface area contributed by atoms with Gasteiger partial charge in [0.25, 0.3) is 5.56 Å². The molecule has 0 aliphatic carbocycles. The van der Waals surface area contributed by atoms with Crippen LogP contribution in [0.5, 0.6) is 0 Å². The van der Waals surface area contributed by atoms with Gasteiger partial charge in [-0.1, -0.05) is 18.6 Å². The SMILES string of the molecule is CCCC(=N)c1nnn(C2OC(CO)C(O)C2O)c(=O)c1NCC(N)=O. The summed E-state index contributed by atoms with van der Waals surface area (Å²) in [6.45, 7) is 0.908. The number of aromatic nitrogens is 3. The highest BCUT2D eigenvalue weighted by Crippen LogP contribution is 2.27. The lowest BCUT2D eigenvalue weighted by Crippen LogP contribution is -2.39. The first kappa shape index (κ1) is 19.9. The van der Waals surface area contributed by atoms with Crippen LogP contribution in [-0.4, -0.2) is 73.4 Å². The molecule has 0 bridgehead atoms. The highest BCUT2D eigenvalue weighted by atomic mass is 16.6. The Hall–Kier alpha value is -2.41. The van der Waals surface area contributed by atoms with Crippen LogP contribution >= 0.6 is 0 Å². The minimum atomic E-state index is -1.52. The van der Waals surface area contributed by atoms with Crippen LogP contribution in [0.25, 0.3) is 0 Å². The van der Waals surface area contributed by atoms with Crippen LogP contribution in [0.2, 0.25) is 0 Å². The van der Waals surface area contributed by atoms with Gasteiger partial charge < -0.3 is 36.5 Å². The average Bonchev–Trinajstić information content (AvgIpc) is 2.88. The highest BCUT2D eigenvalue weighted by molar-refractivity contribution is 6.01. The maximum Gasteiger partial charge on any atom is 0.296 e. The molecule has 0 radical (unpaired) electrons. The molecule has 1 aromatic rings. The molecule has 1 saturated heterocycles. The van der Waals surface area contributed by atoms with E-state index in [1.165, 1.54) is 0 Å². The third-order valence-electron chi connectivity index (χ3n) is 3.88. The van der Waals surface area contributed by atoms with E-state index < -0.39 is 42.6 Å². The zero-order chi connectivity index (χ0) is 19.4. The number of nitrogens with zero attached hydrogens (tertiary/aromatic N) is 3. The molecular weight excluding hydrogens is 348 g/mol. The Morgan fingerprint density at radius 2 is 2.12 bits per heavy atom. The van der Waals surface area contributed by atoms with Crippen molar-refractivity contribution in [2.24, 2.45) is 5.73 Å². The quantitative estimate of drug-likeness (QED) is 0.264. The molecule has 7 N–H and O–H groups in total. The lowest BCUT2D eigenvalue weighted by Gasteiger charge is -2.18. The molecule has 2 heterocycles. The molecule has 1 aromatic heterocycles. The molecule has 0 spiro atoms. The van der Waals surface area contributed by atoms with Crippen molar-refractivity contribution in [3.05, 3.63) is 16.0 Å². The van der Waals surface area contributed by atoms with Crippen molar-refractivity contribution in [2.75, 3.05) is 18.5 Å². The van der Waals surface area contributed by atoms with Crippen LogP contribution in [0.15, 0.2) is 4.79 Å². The van der Waals surface area contributed by atoms with Crippen molar-refractivity contribution in [1.29, 1.82) is 5.41 Å². The number of rotatable bonds is 8. The number of hydrogen-bond donors (Lipinski definition) is 6. The molecule has 12 nitrogen and oxygen atoms in total. The zero-order valence-electron chi connectivity index (χ0n) is 14.1. The molecule has 4 unspecified atom stereocenters. The molecule has 144 valence electrons. The fourth-order valence-corrected chi connectivity index (χ4v) is 2.56. The summed E-state index contributed by atoms with van der Waals surface area (Å²) in [4.78, 5) is 23.8. The number of nitrogens with one attached hydrogen (secondary N) is 2. The van der Waals surface area contributed by atoms with Crippen LogP contribution in [0.4, 0.5) is 5.69 Å². The zero-order valence-corrected chi connectivity index (χ0v) is 14.1. The van der Waals surface area contributed by atoms with Crippen molar-refractivity contribution < 1.29 is 24.9 Å². The van der Waals surface area contributed by atoms with Gasteiger partial charge in [-0.3, -0.25) is 9.59 Å². The van der Waals surface area contributed by atoms with Gasteiger partial charge in [-0.25, -0.2) is 0 Å². The minimum Gasteiger partial charge on any atom is -0.394 e. The summed E-state index contributed by atoms with van der Waals surface area (Å²) < 4.78 is 5.96. The van der Waals surface area contributed by atoms with Gasteiger partial charge in [0.05, 0.1) is 18.9 Å². The van der Waals surface area contributed by atoms with Crippen LogP contribution in [0, 0.1) is 5.41 Å². The van der Waals surface area contributed by atoms with Crippen LogP contribution in [-0.2, 0) is 9.53 Å². The monoisotopic (exact) mass is 370 g/mol. The first-order valence-corrected chi connectivity index (χ1v) is 8.03. The molecule has 0 aromatic carbocycles. The fourth-order valence-electron chi connectivity index (χ4n) is 2.56. The summed E-state index contributed by atoms with van der Waals surface area (Å²) in [6, 6.07) is 0. The molecule has 26 heavy (non-hydrogen) atoms. The van der Waals surface area contributed by atoms with E-state index in [-0.39, 0.29) is 23.6 Å². The van der Waals surface area contributed by atoms with Gasteiger partial charge in [0, 0.05) is 0 Å². The molecule has 1 aliphatic rings. The Bertz CT molecular complexity index is 737. The molecule has 1 amide bonds. The van der Waals surface area contributed by atoms with E-state index in [4.69, 9.17) is 21.0 Å². The molecule has 12 heteroatoms. The Morgan fingerprint density at radius 1 is 1.42 bits per heavy atom. The summed E-state index contributed by atoms with van der Waals surface area (Å²) >= 11 is 0. The van der Waals surface area contributed by atoms with Crippen molar-refractivity contribution >= 4 is 17.3 Å². The normalized spacial score (nSPS) is 25.2. The van der Waals surface area contributed by atoms with Crippen molar-refractivity contribution in [1.82, 2.24) is 15.0 Å². The standard InChI is InChI=1S/C14H22N6O6/c1-2-3-6(15)9-10(17-4-8(16)22)13(25)20(19-18-9)14-12(24)11(23)7(5-21)26-14/h7,11-12,14-15,17,21,23-24H,2-5H2,1H3,(H2,16,22). The van der Waals surface area contributed by atoms with E-state index >= 15 is 0 Å². The second kappa shape index (κ2) is 8.31. The van der Waals surface area contributed by atoms with Crippen LogP contribution in [0.1, 0.15) is 31.7 Å². The topological polar surface area (TPSA) is 197 Å². The fraction of sp³-hybridized carbons (Fsp3) is 0.643. The second-order valence-electron chi connectivity index (χ2n) is 5.84. The van der Waals surface area contributed by atoms with Gasteiger partial charge in [-0.2, -0.15) is 4.68 Å². The molecule has 1 fully saturated rings. The van der Waals surface area contributed by atoms with E-state index in [2.05, 4.69) is 15.6 Å². The summed E-state index contributed by atoms with van der Waals surface area (Å²) in [5.74, 6) is -0.728. The highest BCUT2D eigenvalue weighted by Gasteiger charge is 2.44. The summed E-state index contributed by atoms with van der Waals surface area (Å²) in [5.41, 5.74) is 4.09. The van der Waals surface area contributed by atoms with Gasteiger partial charge in [-0.15, -0.1) is 5.10 Å². The summed E-state index contributed by atoms with van der Waals surface area (Å²) in [5, 5.41) is 47.1. The van der Waals surface area contributed by atoms with E-state index in [1.807, 2.05) is 6.92 Å². The van der Waals surface area contributed by atoms with Crippen molar-refractivity contribution in [3.8, 4) is 0 Å². The average molecular weight is 370 g/mol. The lowest BCUT2D eigenvalue weighted by molar-refractivity contribution is -0.116. The van der Waals surface area contributed by atoms with Crippen LogP contribution < -0.4 is 16.6 Å². The van der Waals surface area contributed by atoms with E-state index in [0.717, 1.165) is 0 Å². The maximum atomic E-state index is 12.8. The third-order valence-corrected chi connectivity index (χ3v) is 3.88. The van der Waals surface area contributed by atoms with Gasteiger partial charge >= 0.3 is 0 Å². The number of aliphatic hydroxyl groups is 3. The summed E-state index contributed by atoms with van der Waals surface area (Å²) in [6.07, 6.45) is -4.46. The van der Waals surface area contributed by atoms with Gasteiger partial charge in [0.1, 0.15) is 29.7 Å². The first-order valence-electron chi connectivity index (χ1n) is 8.03. The Labute approximate surface area is 148 Å². The number of anilines is 1. The van der Waals surface area contributed by atoms with Crippen LogP contribution in [0.3, 0.4) is 0 Å². The van der Waals surface area contributed by atoms with E-state index in [0.29, 0.717) is 17.5 Å². The molecule has 1 aliphatic heterocycles. The van der Waals surface area contributed by atoms with Crippen molar-refractivity contribution in [3.63, 3.8) is 0 Å². The Kier molecular flexibility index (Phi) is 6.37. The predicted octanol–water partition coefficient (Wildman–Crippen LogP) is -2.69. The third kappa shape index (κ3) is 3.88. The number of aliphatic hydroxyl groups excluding tert-OH is 3. The van der Waals surface area contributed by atoms with Gasteiger partial charge in [-0.05, 0) is 6.42 Å². The molecule has 0 saturated carbocycles. The van der Waals surface area contributed by atoms with E-state index in [9.17, 15) is 19.8 Å². The number of nitrogens with two attached hydrogens (primary N) is 1. The second-order valence-corrected chi connectivity index (χ2v) is 5.84. The number of amides is 1. The number of carbonyl (C=O) groups is 1. The predicted molar refractivity (Wildman–Crippen MR) is 88.7 cm³/mol.